The molecule has 16 heavy (non-hydrogen) atoms. The van der Waals surface area contributed by atoms with Gasteiger partial charge in [-0.15, -0.1) is 0 Å². The van der Waals surface area contributed by atoms with Crippen molar-refractivity contribution in [1.29, 1.82) is 0 Å². The van der Waals surface area contributed by atoms with Gasteiger partial charge < -0.3 is 10.5 Å². The number of nitrogens with two attached hydrogens (primary N) is 1. The number of ether oxygens (including phenoxy) is 1. The first-order chi connectivity index (χ1) is 7.66. The average Bonchev–Trinajstić information content (AvgIpc) is 3.04. The fraction of sp³-hybridized carbons (Fsp3) is 0.455. The highest BCUT2D eigenvalue weighted by Gasteiger charge is 2.21. The van der Waals surface area contributed by atoms with Crippen molar-refractivity contribution in [3.8, 4) is 0 Å². The molecule has 1 aliphatic rings. The summed E-state index contributed by atoms with van der Waals surface area (Å²) in [6.45, 7) is 1.08. The van der Waals surface area contributed by atoms with Crippen molar-refractivity contribution in [2.75, 3.05) is 12.3 Å². The van der Waals surface area contributed by atoms with E-state index >= 15 is 0 Å². The zero-order valence-electron chi connectivity index (χ0n) is 8.89. The Morgan fingerprint density at radius 2 is 2.25 bits per heavy atom. The number of nitrogen functional groups attached to an aromatic ring is 1. The van der Waals surface area contributed by atoms with Crippen LogP contribution in [0.1, 0.15) is 18.4 Å². The van der Waals surface area contributed by atoms with E-state index in [9.17, 15) is 10.1 Å². The summed E-state index contributed by atoms with van der Waals surface area (Å²) in [5.41, 5.74) is 7.01. The SMILES string of the molecule is Nc1ccc([N+](=O)[O-])cc1COCC1CC1. The minimum absolute atomic E-state index is 0.0548. The van der Waals surface area contributed by atoms with Crippen molar-refractivity contribution in [3.63, 3.8) is 0 Å². The molecule has 0 heterocycles. The molecule has 5 heteroatoms. The third-order valence-corrected chi connectivity index (χ3v) is 2.65. The van der Waals surface area contributed by atoms with Crippen LogP contribution in [0.5, 0.6) is 0 Å². The van der Waals surface area contributed by atoms with Gasteiger partial charge in [0.2, 0.25) is 0 Å². The number of hydrogen-bond donors (Lipinski definition) is 1. The number of hydrogen-bond acceptors (Lipinski definition) is 4. The van der Waals surface area contributed by atoms with Crippen LogP contribution in [0.2, 0.25) is 0 Å². The summed E-state index contributed by atoms with van der Waals surface area (Å²) in [7, 11) is 0. The molecule has 0 unspecified atom stereocenters. The lowest BCUT2D eigenvalue weighted by Crippen LogP contribution is -2.01. The van der Waals surface area contributed by atoms with Crippen molar-refractivity contribution in [2.24, 2.45) is 5.92 Å². The number of nitro benzene ring substituents is 1. The number of anilines is 1. The van der Waals surface area contributed by atoms with E-state index in [0.29, 0.717) is 23.8 Å². The molecular formula is C11H14N2O3. The highest BCUT2D eigenvalue weighted by Crippen LogP contribution is 2.29. The maximum absolute atomic E-state index is 10.6. The predicted molar refractivity (Wildman–Crippen MR) is 59.9 cm³/mol. The summed E-state index contributed by atoms with van der Waals surface area (Å²) in [5, 5.41) is 10.6. The molecule has 0 amide bonds. The Hall–Kier alpha value is -1.62. The Kier molecular flexibility index (Phi) is 3.05. The molecule has 0 bridgehead atoms. The van der Waals surface area contributed by atoms with Crippen molar-refractivity contribution in [1.82, 2.24) is 0 Å². The molecule has 0 atom stereocenters. The van der Waals surface area contributed by atoms with Crippen LogP contribution in [0.4, 0.5) is 11.4 Å². The molecule has 5 nitrogen and oxygen atoms in total. The molecule has 2 N–H and O–H groups in total. The topological polar surface area (TPSA) is 78.4 Å². The number of rotatable bonds is 5. The van der Waals surface area contributed by atoms with E-state index in [-0.39, 0.29) is 5.69 Å². The second-order valence-electron chi connectivity index (χ2n) is 4.10. The van der Waals surface area contributed by atoms with Gasteiger partial charge in [-0.1, -0.05) is 0 Å². The number of nitrogens with zero attached hydrogens (tertiary/aromatic N) is 1. The third kappa shape index (κ3) is 2.70. The average molecular weight is 222 g/mol. The standard InChI is InChI=1S/C11H14N2O3/c12-11-4-3-10(13(14)15)5-9(11)7-16-6-8-1-2-8/h3-5,8H,1-2,6-7,12H2. The minimum Gasteiger partial charge on any atom is -0.398 e. The van der Waals surface area contributed by atoms with Crippen LogP contribution >= 0.6 is 0 Å². The number of non-ortho nitro benzene ring substituents is 1. The maximum Gasteiger partial charge on any atom is 0.269 e. The molecule has 0 spiro atoms. The lowest BCUT2D eigenvalue weighted by molar-refractivity contribution is -0.384. The Balaban J connectivity index is 1.99. The maximum atomic E-state index is 10.6. The smallest absolute Gasteiger partial charge is 0.269 e. The zero-order chi connectivity index (χ0) is 11.5. The van der Waals surface area contributed by atoms with Crippen LogP contribution in [0, 0.1) is 16.0 Å². The Labute approximate surface area is 93.4 Å². The highest BCUT2D eigenvalue weighted by atomic mass is 16.6. The van der Waals surface area contributed by atoms with Crippen LogP contribution in [0.15, 0.2) is 18.2 Å². The largest absolute Gasteiger partial charge is 0.398 e. The van der Waals surface area contributed by atoms with Crippen molar-refractivity contribution in [2.45, 2.75) is 19.4 Å². The number of benzene rings is 1. The zero-order valence-corrected chi connectivity index (χ0v) is 8.89. The van der Waals surface area contributed by atoms with Gasteiger partial charge in [0.25, 0.3) is 5.69 Å². The van der Waals surface area contributed by atoms with Crippen LogP contribution in [-0.4, -0.2) is 11.5 Å². The second kappa shape index (κ2) is 4.49. The van der Waals surface area contributed by atoms with Crippen LogP contribution in [0.25, 0.3) is 0 Å². The molecule has 1 aromatic carbocycles. The molecule has 0 radical (unpaired) electrons. The van der Waals surface area contributed by atoms with Gasteiger partial charge in [0.1, 0.15) is 0 Å². The first-order valence-corrected chi connectivity index (χ1v) is 5.27. The summed E-state index contributed by atoms with van der Waals surface area (Å²) >= 11 is 0. The number of nitro groups is 1. The van der Waals surface area contributed by atoms with Crippen molar-refractivity contribution in [3.05, 3.63) is 33.9 Å². The fourth-order valence-corrected chi connectivity index (χ4v) is 1.45. The first kappa shape index (κ1) is 10.9. The van der Waals surface area contributed by atoms with Gasteiger partial charge in [0, 0.05) is 30.0 Å². The second-order valence-corrected chi connectivity index (χ2v) is 4.10. The highest BCUT2D eigenvalue weighted by molar-refractivity contribution is 5.52. The minimum atomic E-state index is -0.427. The van der Waals surface area contributed by atoms with Crippen LogP contribution in [-0.2, 0) is 11.3 Å². The summed E-state index contributed by atoms with van der Waals surface area (Å²) in [4.78, 5) is 10.2. The van der Waals surface area contributed by atoms with Gasteiger partial charge >= 0.3 is 0 Å². The van der Waals surface area contributed by atoms with Gasteiger partial charge in [-0.2, -0.15) is 0 Å². The van der Waals surface area contributed by atoms with E-state index in [2.05, 4.69) is 0 Å². The molecular weight excluding hydrogens is 208 g/mol. The van der Waals surface area contributed by atoms with Gasteiger partial charge in [0.05, 0.1) is 11.5 Å². The summed E-state index contributed by atoms with van der Waals surface area (Å²) in [6.07, 6.45) is 2.45. The fourth-order valence-electron chi connectivity index (χ4n) is 1.45. The van der Waals surface area contributed by atoms with Crippen LogP contribution < -0.4 is 5.73 Å². The molecule has 1 fully saturated rings. The van der Waals surface area contributed by atoms with E-state index in [4.69, 9.17) is 10.5 Å². The van der Waals surface area contributed by atoms with Gasteiger partial charge in [-0.05, 0) is 24.8 Å². The van der Waals surface area contributed by atoms with E-state index in [1.54, 1.807) is 6.07 Å². The van der Waals surface area contributed by atoms with E-state index < -0.39 is 4.92 Å². The van der Waals surface area contributed by atoms with E-state index in [1.165, 1.54) is 25.0 Å². The summed E-state index contributed by atoms with van der Waals surface area (Å²) < 4.78 is 5.46. The molecule has 86 valence electrons. The molecule has 2 rings (SSSR count). The monoisotopic (exact) mass is 222 g/mol. The molecule has 0 aromatic heterocycles. The van der Waals surface area contributed by atoms with Gasteiger partial charge in [0.15, 0.2) is 0 Å². The Morgan fingerprint density at radius 3 is 2.88 bits per heavy atom. The first-order valence-electron chi connectivity index (χ1n) is 5.27. The summed E-state index contributed by atoms with van der Waals surface area (Å²) in [6, 6.07) is 4.43. The van der Waals surface area contributed by atoms with E-state index in [0.717, 1.165) is 6.61 Å². The lowest BCUT2D eigenvalue weighted by atomic mass is 10.1. The normalized spacial score (nSPS) is 15.0. The molecule has 0 saturated heterocycles. The van der Waals surface area contributed by atoms with Crippen LogP contribution in [0.3, 0.4) is 0 Å². The van der Waals surface area contributed by atoms with E-state index in [1.807, 2.05) is 0 Å². The quantitative estimate of drug-likeness (QED) is 0.470. The van der Waals surface area contributed by atoms with Gasteiger partial charge in [-0.3, -0.25) is 10.1 Å². The Bertz CT molecular complexity index is 402. The third-order valence-electron chi connectivity index (χ3n) is 2.65. The van der Waals surface area contributed by atoms with Crippen molar-refractivity contribution < 1.29 is 9.66 Å². The molecule has 1 aliphatic carbocycles. The molecule has 1 saturated carbocycles. The Morgan fingerprint density at radius 1 is 1.50 bits per heavy atom. The summed E-state index contributed by atoms with van der Waals surface area (Å²) in [5.74, 6) is 0.680. The molecule has 0 aliphatic heterocycles. The van der Waals surface area contributed by atoms with Crippen molar-refractivity contribution >= 4 is 11.4 Å². The van der Waals surface area contributed by atoms with Gasteiger partial charge in [-0.25, -0.2) is 0 Å². The lowest BCUT2D eigenvalue weighted by Gasteiger charge is -2.06. The molecule has 1 aromatic rings. The predicted octanol–water partition coefficient (Wildman–Crippen LogP) is 2.10.